The van der Waals surface area contributed by atoms with Crippen molar-refractivity contribution >= 4 is 23.0 Å². The van der Waals surface area contributed by atoms with Gasteiger partial charge in [-0.05, 0) is 81.4 Å². The maximum absolute atomic E-state index is 11.9. The zero-order valence-electron chi connectivity index (χ0n) is 22.2. The van der Waals surface area contributed by atoms with Crippen LogP contribution >= 0.6 is 0 Å². The Morgan fingerprint density at radius 3 is 2.70 bits per heavy atom. The number of aromatic carboxylic acids is 1. The summed E-state index contributed by atoms with van der Waals surface area (Å²) < 4.78 is 2.20. The van der Waals surface area contributed by atoms with E-state index in [0.29, 0.717) is 23.3 Å². The highest BCUT2D eigenvalue weighted by atomic mass is 16.4. The molecule has 0 spiro atoms. The van der Waals surface area contributed by atoms with Crippen molar-refractivity contribution in [3.63, 3.8) is 0 Å². The molecule has 0 bridgehead atoms. The fourth-order valence-electron chi connectivity index (χ4n) is 5.61. The van der Waals surface area contributed by atoms with Gasteiger partial charge in [0.2, 0.25) is 5.82 Å². The van der Waals surface area contributed by atoms with Crippen molar-refractivity contribution in [2.45, 2.75) is 91.1 Å². The Bertz CT molecular complexity index is 1310. The summed E-state index contributed by atoms with van der Waals surface area (Å²) in [7, 11) is 0. The molecule has 2 aliphatic carbocycles. The molecule has 8 heteroatoms. The first-order valence-corrected chi connectivity index (χ1v) is 13.9. The van der Waals surface area contributed by atoms with Crippen LogP contribution in [0.3, 0.4) is 0 Å². The molecule has 5 rings (SSSR count). The number of nitrogens with zero attached hydrogens (tertiary/aromatic N) is 5. The van der Waals surface area contributed by atoms with Crippen molar-refractivity contribution < 1.29 is 9.90 Å². The molecule has 0 saturated heterocycles. The lowest BCUT2D eigenvalue weighted by Crippen LogP contribution is -2.31. The van der Waals surface area contributed by atoms with E-state index in [0.717, 1.165) is 62.1 Å². The molecule has 37 heavy (non-hydrogen) atoms. The van der Waals surface area contributed by atoms with Gasteiger partial charge in [0.25, 0.3) is 0 Å². The van der Waals surface area contributed by atoms with Gasteiger partial charge in [-0.1, -0.05) is 38.3 Å². The molecule has 2 atom stereocenters. The first-order valence-electron chi connectivity index (χ1n) is 13.9. The first-order chi connectivity index (χ1) is 18.0. The third-order valence-electron chi connectivity index (χ3n) is 8.12. The van der Waals surface area contributed by atoms with Crippen LogP contribution in [0.2, 0.25) is 0 Å². The molecule has 1 unspecified atom stereocenters. The van der Waals surface area contributed by atoms with Gasteiger partial charge in [-0.2, -0.15) is 0 Å². The zero-order chi connectivity index (χ0) is 25.9. The number of carbonyl (C=O) groups is 1. The van der Waals surface area contributed by atoms with E-state index in [1.807, 2.05) is 12.3 Å². The van der Waals surface area contributed by atoms with Gasteiger partial charge in [-0.15, -0.1) is 0 Å². The summed E-state index contributed by atoms with van der Waals surface area (Å²) in [6.45, 7) is 7.32. The summed E-state index contributed by atoms with van der Waals surface area (Å²) in [5.74, 6) is 0.942. The normalized spacial score (nSPS) is 18.9. The smallest absolute Gasteiger partial charge is 0.374 e. The number of aryl methyl sites for hydroxylation is 1. The highest BCUT2D eigenvalue weighted by molar-refractivity contribution is 5.92. The van der Waals surface area contributed by atoms with Gasteiger partial charge in [0.05, 0.1) is 0 Å². The standard InChI is InChI=1S/C29H38N6O2/c1-4-7-20-14-15-30-23(16-20)28-34-26-24(35(28)17-21-12-10-19(5-2)11-13-21)25(32-27(33-26)29(36)37)31-18(3)22-8-6-9-22/h10,14-16,18,21-22H,4-9,11-13,17H2,1-3H3,(H,36,37)(H,31,32,33)/t18-,21?/m1/s1. The Labute approximate surface area is 218 Å². The predicted octanol–water partition coefficient (Wildman–Crippen LogP) is 6.28. The van der Waals surface area contributed by atoms with E-state index >= 15 is 0 Å². The highest BCUT2D eigenvalue weighted by Crippen LogP contribution is 2.35. The maximum Gasteiger partial charge on any atom is 0.374 e. The van der Waals surface area contributed by atoms with Crippen molar-refractivity contribution in [3.8, 4) is 11.5 Å². The van der Waals surface area contributed by atoms with Crippen LogP contribution in [-0.2, 0) is 13.0 Å². The lowest BCUT2D eigenvalue weighted by molar-refractivity contribution is 0.0684. The number of nitrogens with one attached hydrogen (secondary N) is 1. The van der Waals surface area contributed by atoms with Crippen LogP contribution in [0.5, 0.6) is 0 Å². The van der Waals surface area contributed by atoms with Crippen LogP contribution in [0, 0.1) is 11.8 Å². The largest absolute Gasteiger partial charge is 0.475 e. The van der Waals surface area contributed by atoms with Gasteiger partial charge >= 0.3 is 5.97 Å². The van der Waals surface area contributed by atoms with Crippen LogP contribution in [0.25, 0.3) is 22.7 Å². The molecule has 3 aromatic heterocycles. The molecule has 2 aliphatic rings. The molecular weight excluding hydrogens is 464 g/mol. The summed E-state index contributed by atoms with van der Waals surface area (Å²) in [6.07, 6.45) is 14.2. The molecule has 0 aliphatic heterocycles. The van der Waals surface area contributed by atoms with E-state index in [4.69, 9.17) is 4.98 Å². The molecule has 8 nitrogen and oxygen atoms in total. The molecule has 3 aromatic rings. The second-order valence-corrected chi connectivity index (χ2v) is 10.7. The second-order valence-electron chi connectivity index (χ2n) is 10.7. The van der Waals surface area contributed by atoms with Crippen LogP contribution in [-0.4, -0.2) is 41.6 Å². The predicted molar refractivity (Wildman–Crippen MR) is 146 cm³/mol. The minimum atomic E-state index is -1.15. The Morgan fingerprint density at radius 1 is 1.22 bits per heavy atom. The number of carboxylic acids is 1. The average Bonchev–Trinajstić information content (AvgIpc) is 3.22. The van der Waals surface area contributed by atoms with Crippen molar-refractivity contribution in [1.29, 1.82) is 0 Å². The van der Waals surface area contributed by atoms with Gasteiger partial charge in [0, 0.05) is 18.8 Å². The molecule has 1 saturated carbocycles. The van der Waals surface area contributed by atoms with Crippen LogP contribution in [0.1, 0.15) is 88.3 Å². The number of imidazole rings is 1. The average molecular weight is 503 g/mol. The number of hydrogen-bond donors (Lipinski definition) is 2. The van der Waals surface area contributed by atoms with Crippen molar-refractivity contribution in [1.82, 2.24) is 24.5 Å². The number of allylic oxidation sites excluding steroid dienone is 2. The van der Waals surface area contributed by atoms with Crippen LogP contribution in [0.4, 0.5) is 5.82 Å². The monoisotopic (exact) mass is 502 g/mol. The van der Waals surface area contributed by atoms with E-state index in [2.05, 4.69) is 57.7 Å². The molecular formula is C29H38N6O2. The van der Waals surface area contributed by atoms with E-state index in [1.54, 1.807) is 0 Å². The summed E-state index contributed by atoms with van der Waals surface area (Å²) in [5.41, 5.74) is 4.73. The summed E-state index contributed by atoms with van der Waals surface area (Å²) in [5, 5.41) is 13.3. The number of hydrogen-bond acceptors (Lipinski definition) is 6. The van der Waals surface area contributed by atoms with Crippen LogP contribution < -0.4 is 5.32 Å². The third-order valence-corrected chi connectivity index (χ3v) is 8.12. The Kier molecular flexibility index (Phi) is 7.53. The zero-order valence-corrected chi connectivity index (χ0v) is 22.2. The second kappa shape index (κ2) is 11.0. The molecule has 0 radical (unpaired) electrons. The molecule has 0 aromatic carbocycles. The number of anilines is 1. The van der Waals surface area contributed by atoms with Gasteiger partial charge in [0.1, 0.15) is 11.2 Å². The first kappa shape index (κ1) is 25.4. The van der Waals surface area contributed by atoms with Crippen molar-refractivity contribution in [2.75, 3.05) is 5.32 Å². The molecule has 2 N–H and O–H groups in total. The van der Waals surface area contributed by atoms with E-state index in [-0.39, 0.29) is 11.9 Å². The highest BCUT2D eigenvalue weighted by Gasteiger charge is 2.28. The van der Waals surface area contributed by atoms with E-state index in [9.17, 15) is 9.90 Å². The molecule has 0 amide bonds. The SMILES string of the molecule is CCCc1ccnc(-c2nc3nc(C(=O)O)nc(N[C@H](C)C4CCC4)c3n2CC2CC=C(CC)CC2)c1. The Balaban J connectivity index is 1.64. The quantitative estimate of drug-likeness (QED) is 0.314. The summed E-state index contributed by atoms with van der Waals surface area (Å²) >= 11 is 0. The van der Waals surface area contributed by atoms with Crippen molar-refractivity contribution in [2.24, 2.45) is 11.8 Å². The molecule has 196 valence electrons. The van der Waals surface area contributed by atoms with Crippen LogP contribution in [0.15, 0.2) is 30.0 Å². The van der Waals surface area contributed by atoms with Gasteiger partial charge < -0.3 is 15.0 Å². The number of fused-ring (bicyclic) bond motifs is 1. The Hall–Kier alpha value is -3.29. The Morgan fingerprint density at radius 2 is 2.05 bits per heavy atom. The number of rotatable bonds is 10. The minimum Gasteiger partial charge on any atom is -0.475 e. The third kappa shape index (κ3) is 5.38. The van der Waals surface area contributed by atoms with Gasteiger partial charge in [0.15, 0.2) is 17.3 Å². The maximum atomic E-state index is 11.9. The van der Waals surface area contributed by atoms with E-state index < -0.39 is 5.97 Å². The number of carboxylic acid groups (broad SMARTS) is 1. The number of aromatic nitrogens is 5. The van der Waals surface area contributed by atoms with Gasteiger partial charge in [-0.3, -0.25) is 4.98 Å². The molecule has 1 fully saturated rings. The lowest BCUT2D eigenvalue weighted by atomic mass is 9.80. The molecule has 3 heterocycles. The summed E-state index contributed by atoms with van der Waals surface area (Å²) in [4.78, 5) is 30.4. The number of pyridine rings is 1. The van der Waals surface area contributed by atoms with Crippen molar-refractivity contribution in [3.05, 3.63) is 41.4 Å². The fourth-order valence-corrected chi connectivity index (χ4v) is 5.61. The summed E-state index contributed by atoms with van der Waals surface area (Å²) in [6, 6.07) is 4.34. The van der Waals surface area contributed by atoms with E-state index in [1.165, 1.54) is 30.4 Å². The topological polar surface area (TPSA) is 106 Å². The minimum absolute atomic E-state index is 0.191. The van der Waals surface area contributed by atoms with Gasteiger partial charge in [-0.25, -0.2) is 19.7 Å². The fraction of sp³-hybridized carbons (Fsp3) is 0.552. The lowest BCUT2D eigenvalue weighted by Gasteiger charge is -2.32.